The number of carbonyl (C=O) groups excluding carboxylic acids is 1. The van der Waals surface area contributed by atoms with Crippen LogP contribution in [-0.4, -0.2) is 52.4 Å². The van der Waals surface area contributed by atoms with Crippen LogP contribution in [0.5, 0.6) is 0 Å². The lowest BCUT2D eigenvalue weighted by Crippen LogP contribution is -2.28. The van der Waals surface area contributed by atoms with Crippen LogP contribution in [-0.2, 0) is 13.6 Å². The highest BCUT2D eigenvalue weighted by molar-refractivity contribution is 9.10. The first-order valence-corrected chi connectivity index (χ1v) is 11.0. The molecule has 2 aromatic heterocycles. The van der Waals surface area contributed by atoms with E-state index in [2.05, 4.69) is 49.6 Å². The van der Waals surface area contributed by atoms with Crippen LogP contribution in [0, 0.1) is 0 Å². The lowest BCUT2D eigenvalue weighted by Gasteiger charge is -2.27. The summed E-state index contributed by atoms with van der Waals surface area (Å²) in [7, 11) is 5.55. The first-order valence-electron chi connectivity index (χ1n) is 9.87. The predicted molar refractivity (Wildman–Crippen MR) is 126 cm³/mol. The molecule has 7 heteroatoms. The van der Waals surface area contributed by atoms with Crippen molar-refractivity contribution in [2.24, 2.45) is 7.05 Å². The van der Waals surface area contributed by atoms with E-state index in [-0.39, 0.29) is 5.91 Å². The number of aromatic nitrogens is 2. The molecule has 3 aromatic rings. The largest absolute Gasteiger partial charge is 0.345 e. The van der Waals surface area contributed by atoms with Gasteiger partial charge in [-0.3, -0.25) is 9.69 Å². The Kier molecular flexibility index (Phi) is 6.00. The molecule has 1 aromatic carbocycles. The van der Waals surface area contributed by atoms with Gasteiger partial charge in [-0.2, -0.15) is 0 Å². The molecule has 1 amide bonds. The molecular formula is C23H24BrClN4O. The van der Waals surface area contributed by atoms with Crippen molar-refractivity contribution in [1.82, 2.24) is 19.4 Å². The van der Waals surface area contributed by atoms with Crippen LogP contribution in [0.1, 0.15) is 28.0 Å². The van der Waals surface area contributed by atoms with Gasteiger partial charge >= 0.3 is 0 Å². The number of rotatable bonds is 4. The molecule has 0 radical (unpaired) electrons. The molecule has 0 unspecified atom stereocenters. The van der Waals surface area contributed by atoms with Gasteiger partial charge in [0.05, 0.1) is 0 Å². The van der Waals surface area contributed by atoms with Crippen molar-refractivity contribution in [2.75, 3.05) is 27.2 Å². The summed E-state index contributed by atoms with van der Waals surface area (Å²) in [6.07, 6.45) is 4.99. The average Bonchev–Trinajstić information content (AvgIpc) is 3.05. The highest BCUT2D eigenvalue weighted by atomic mass is 79.9. The summed E-state index contributed by atoms with van der Waals surface area (Å²) in [6, 6.07) is 9.78. The summed E-state index contributed by atoms with van der Waals surface area (Å²) in [5.41, 5.74) is 5.10. The van der Waals surface area contributed by atoms with Crippen LogP contribution in [0.3, 0.4) is 0 Å². The number of aryl methyl sites for hydroxylation is 1. The second kappa shape index (κ2) is 8.53. The second-order valence-electron chi connectivity index (χ2n) is 7.83. The van der Waals surface area contributed by atoms with Gasteiger partial charge in [-0.1, -0.05) is 23.7 Å². The molecule has 1 aliphatic rings. The monoisotopic (exact) mass is 486 g/mol. The van der Waals surface area contributed by atoms with Gasteiger partial charge in [0.15, 0.2) is 0 Å². The first kappa shape index (κ1) is 21.1. The Morgan fingerprint density at radius 2 is 2.07 bits per heavy atom. The lowest BCUT2D eigenvalue weighted by atomic mass is 9.98. The third kappa shape index (κ3) is 4.04. The van der Waals surface area contributed by atoms with Crippen molar-refractivity contribution in [3.05, 3.63) is 68.9 Å². The maximum absolute atomic E-state index is 12.2. The predicted octanol–water partition coefficient (Wildman–Crippen LogP) is 4.98. The zero-order valence-electron chi connectivity index (χ0n) is 17.3. The lowest BCUT2D eigenvalue weighted by molar-refractivity contribution is 0.0827. The van der Waals surface area contributed by atoms with Gasteiger partial charge in [-0.15, -0.1) is 0 Å². The second-order valence-corrected chi connectivity index (χ2v) is 9.09. The standard InChI is InChI=1S/C23H24BrClN4O/c1-27(2)23(30)16-4-5-18(21(25)12-16)15-7-10-29(11-8-15)14-17-13-19-20(24)6-9-26-22(19)28(17)3/h4-7,9,12-13H,8,10-11,14H2,1-3H3. The van der Waals surface area contributed by atoms with Crippen molar-refractivity contribution in [3.63, 3.8) is 0 Å². The van der Waals surface area contributed by atoms with E-state index in [0.717, 1.165) is 47.1 Å². The number of hydrogen-bond acceptors (Lipinski definition) is 3. The van der Waals surface area contributed by atoms with Gasteiger partial charge in [-0.25, -0.2) is 4.98 Å². The molecule has 0 N–H and O–H groups in total. The number of nitrogens with zero attached hydrogens (tertiary/aromatic N) is 4. The molecule has 0 spiro atoms. The molecule has 156 valence electrons. The molecular weight excluding hydrogens is 464 g/mol. The first-order chi connectivity index (χ1) is 14.3. The number of halogens is 2. The number of pyridine rings is 1. The maximum atomic E-state index is 12.2. The SMILES string of the molecule is CN(C)C(=O)c1ccc(C2=CCN(Cc3cc4c(Br)ccnc4n3C)CC2)c(Cl)c1. The smallest absolute Gasteiger partial charge is 0.253 e. The topological polar surface area (TPSA) is 41.4 Å². The molecule has 1 aliphatic heterocycles. The van der Waals surface area contributed by atoms with E-state index in [1.165, 1.54) is 11.3 Å². The van der Waals surface area contributed by atoms with E-state index >= 15 is 0 Å². The summed E-state index contributed by atoms with van der Waals surface area (Å²) in [6.45, 7) is 2.68. The van der Waals surface area contributed by atoms with Crippen LogP contribution in [0.25, 0.3) is 16.6 Å². The van der Waals surface area contributed by atoms with E-state index in [0.29, 0.717) is 10.6 Å². The van der Waals surface area contributed by atoms with Crippen molar-refractivity contribution in [1.29, 1.82) is 0 Å². The average molecular weight is 488 g/mol. The normalized spacial score (nSPS) is 14.8. The van der Waals surface area contributed by atoms with Crippen molar-refractivity contribution in [3.8, 4) is 0 Å². The maximum Gasteiger partial charge on any atom is 0.253 e. The molecule has 0 aliphatic carbocycles. The number of fused-ring (bicyclic) bond motifs is 1. The fraction of sp³-hybridized carbons (Fsp3) is 0.304. The van der Waals surface area contributed by atoms with Crippen molar-refractivity contribution >= 4 is 50.0 Å². The third-order valence-electron chi connectivity index (χ3n) is 5.62. The molecule has 5 nitrogen and oxygen atoms in total. The quantitative estimate of drug-likeness (QED) is 0.521. The van der Waals surface area contributed by atoms with Crippen LogP contribution in [0.2, 0.25) is 5.02 Å². The van der Waals surface area contributed by atoms with E-state index < -0.39 is 0 Å². The molecule has 0 saturated heterocycles. The van der Waals surface area contributed by atoms with Gasteiger partial charge in [0, 0.05) is 73.1 Å². The molecule has 0 bridgehead atoms. The van der Waals surface area contributed by atoms with Crippen LogP contribution < -0.4 is 0 Å². The van der Waals surface area contributed by atoms with Gasteiger partial charge in [0.2, 0.25) is 0 Å². The highest BCUT2D eigenvalue weighted by Gasteiger charge is 2.18. The minimum absolute atomic E-state index is 0.0386. The summed E-state index contributed by atoms with van der Waals surface area (Å²) in [5, 5.41) is 1.77. The third-order valence-corrected chi connectivity index (χ3v) is 6.63. The number of carbonyl (C=O) groups is 1. The zero-order valence-corrected chi connectivity index (χ0v) is 19.7. The van der Waals surface area contributed by atoms with Gasteiger partial charge < -0.3 is 9.47 Å². The van der Waals surface area contributed by atoms with Crippen LogP contribution in [0.15, 0.2) is 47.1 Å². The summed E-state index contributed by atoms with van der Waals surface area (Å²) in [5.74, 6) is -0.0386. The van der Waals surface area contributed by atoms with Crippen LogP contribution in [0.4, 0.5) is 0 Å². The minimum Gasteiger partial charge on any atom is -0.345 e. The fourth-order valence-electron chi connectivity index (χ4n) is 3.89. The Labute approximate surface area is 190 Å². The Balaban J connectivity index is 1.49. The Morgan fingerprint density at radius 1 is 1.27 bits per heavy atom. The van der Waals surface area contributed by atoms with E-state index in [1.807, 2.05) is 24.4 Å². The van der Waals surface area contributed by atoms with Crippen molar-refractivity contribution in [2.45, 2.75) is 13.0 Å². The fourth-order valence-corrected chi connectivity index (χ4v) is 4.60. The summed E-state index contributed by atoms with van der Waals surface area (Å²) < 4.78 is 3.23. The summed E-state index contributed by atoms with van der Waals surface area (Å²) in [4.78, 5) is 20.6. The van der Waals surface area contributed by atoms with Crippen molar-refractivity contribution < 1.29 is 4.79 Å². The van der Waals surface area contributed by atoms with E-state index in [9.17, 15) is 4.79 Å². The number of amides is 1. The molecule has 0 fully saturated rings. The molecule has 3 heterocycles. The molecule has 4 rings (SSSR count). The number of hydrogen-bond donors (Lipinski definition) is 0. The number of benzene rings is 1. The zero-order chi connectivity index (χ0) is 21.4. The van der Waals surface area contributed by atoms with E-state index in [4.69, 9.17) is 11.6 Å². The van der Waals surface area contributed by atoms with Gasteiger partial charge in [-0.05, 0) is 57.8 Å². The van der Waals surface area contributed by atoms with Crippen LogP contribution >= 0.6 is 27.5 Å². The summed E-state index contributed by atoms with van der Waals surface area (Å²) >= 11 is 10.1. The Hall–Kier alpha value is -2.15. The Bertz CT molecular complexity index is 1150. The Morgan fingerprint density at radius 3 is 2.70 bits per heavy atom. The molecule has 0 atom stereocenters. The molecule has 30 heavy (non-hydrogen) atoms. The van der Waals surface area contributed by atoms with Gasteiger partial charge in [0.1, 0.15) is 5.65 Å². The van der Waals surface area contributed by atoms with Gasteiger partial charge in [0.25, 0.3) is 5.91 Å². The molecule has 0 saturated carbocycles. The van der Waals surface area contributed by atoms with E-state index in [1.54, 1.807) is 25.1 Å². The highest BCUT2D eigenvalue weighted by Crippen LogP contribution is 2.31. The minimum atomic E-state index is -0.0386.